The van der Waals surface area contributed by atoms with E-state index in [4.69, 9.17) is 11.6 Å². The largest absolute Gasteiger partial charge is 0.465 e. The van der Waals surface area contributed by atoms with E-state index in [0.717, 1.165) is 12.1 Å². The second-order valence-electron chi connectivity index (χ2n) is 2.92. The van der Waals surface area contributed by atoms with Gasteiger partial charge in [-0.2, -0.15) is 0 Å². The topological polar surface area (TPSA) is 39.2 Å². The van der Waals surface area contributed by atoms with Crippen LogP contribution in [0.15, 0.2) is 6.07 Å². The third-order valence-electron chi connectivity index (χ3n) is 2.03. The van der Waals surface area contributed by atoms with Crippen LogP contribution in [0.25, 0.3) is 0 Å². The number of halogens is 1. The van der Waals surface area contributed by atoms with Gasteiger partial charge in [0, 0.05) is 11.3 Å². The minimum absolute atomic E-state index is 0.366. The predicted octanol–water partition coefficient (Wildman–Crippen LogP) is 2.39. The van der Waals surface area contributed by atoms with Crippen LogP contribution in [0.1, 0.15) is 28.5 Å². The van der Waals surface area contributed by atoms with Crippen molar-refractivity contribution < 1.29 is 9.53 Å². The summed E-state index contributed by atoms with van der Waals surface area (Å²) in [7, 11) is 1.35. The van der Waals surface area contributed by atoms with E-state index < -0.39 is 0 Å². The van der Waals surface area contributed by atoms with Crippen molar-refractivity contribution in [2.75, 3.05) is 7.11 Å². The van der Waals surface area contributed by atoms with Gasteiger partial charge in [0.1, 0.15) is 5.15 Å². The molecule has 0 saturated carbocycles. The van der Waals surface area contributed by atoms with Gasteiger partial charge in [-0.1, -0.05) is 18.5 Å². The number of hydrogen-bond donors (Lipinski definition) is 0. The molecule has 0 N–H and O–H groups in total. The summed E-state index contributed by atoms with van der Waals surface area (Å²) < 4.78 is 4.65. The van der Waals surface area contributed by atoms with E-state index in [1.165, 1.54) is 7.11 Å². The van der Waals surface area contributed by atoms with Gasteiger partial charge in [-0.3, -0.25) is 0 Å². The number of ether oxygens (including phenoxy) is 1. The van der Waals surface area contributed by atoms with Crippen molar-refractivity contribution in [3.8, 4) is 0 Å². The van der Waals surface area contributed by atoms with Crippen molar-refractivity contribution in [2.45, 2.75) is 20.3 Å². The zero-order chi connectivity index (χ0) is 10.7. The lowest BCUT2D eigenvalue weighted by atomic mass is 10.1. The molecule has 0 aliphatic carbocycles. The van der Waals surface area contributed by atoms with Gasteiger partial charge < -0.3 is 4.74 Å². The first-order valence-corrected chi connectivity index (χ1v) is 4.72. The summed E-state index contributed by atoms with van der Waals surface area (Å²) in [6.07, 6.45) is 0.740. The molecule has 76 valence electrons. The van der Waals surface area contributed by atoms with Crippen LogP contribution in [-0.2, 0) is 11.2 Å². The van der Waals surface area contributed by atoms with E-state index in [0.29, 0.717) is 16.3 Å². The first kappa shape index (κ1) is 11.0. The van der Waals surface area contributed by atoms with Gasteiger partial charge in [-0.05, 0) is 19.4 Å². The highest BCUT2D eigenvalue weighted by Crippen LogP contribution is 2.19. The van der Waals surface area contributed by atoms with Gasteiger partial charge in [0.15, 0.2) is 0 Å². The molecule has 4 heteroatoms. The average molecular weight is 214 g/mol. The Morgan fingerprint density at radius 1 is 1.64 bits per heavy atom. The molecule has 1 rings (SSSR count). The van der Waals surface area contributed by atoms with E-state index in [1.54, 1.807) is 13.0 Å². The molecular weight excluding hydrogens is 202 g/mol. The number of aryl methyl sites for hydroxylation is 1. The Morgan fingerprint density at radius 3 is 2.79 bits per heavy atom. The normalized spacial score (nSPS) is 10.0. The highest BCUT2D eigenvalue weighted by atomic mass is 35.5. The van der Waals surface area contributed by atoms with Crippen LogP contribution in [0, 0.1) is 6.92 Å². The number of carbonyl (C=O) groups excluding carboxylic acids is 1. The summed E-state index contributed by atoms with van der Waals surface area (Å²) in [5.74, 6) is -0.374. The Bertz CT molecular complexity index is 363. The fourth-order valence-corrected chi connectivity index (χ4v) is 1.34. The maximum atomic E-state index is 11.3. The molecular formula is C10H12ClNO2. The lowest BCUT2D eigenvalue weighted by molar-refractivity contribution is 0.0599. The molecule has 3 nitrogen and oxygen atoms in total. The number of aromatic nitrogens is 1. The Kier molecular flexibility index (Phi) is 3.47. The summed E-state index contributed by atoms with van der Waals surface area (Å²) in [6, 6.07) is 1.72. The van der Waals surface area contributed by atoms with E-state index in [9.17, 15) is 4.79 Å². The maximum absolute atomic E-state index is 11.3. The van der Waals surface area contributed by atoms with Crippen molar-refractivity contribution in [1.82, 2.24) is 4.98 Å². The van der Waals surface area contributed by atoms with Gasteiger partial charge in [-0.25, -0.2) is 9.78 Å². The van der Waals surface area contributed by atoms with Gasteiger partial charge >= 0.3 is 5.97 Å². The minimum Gasteiger partial charge on any atom is -0.465 e. The van der Waals surface area contributed by atoms with Gasteiger partial charge in [0.05, 0.1) is 12.7 Å². The van der Waals surface area contributed by atoms with E-state index in [2.05, 4.69) is 9.72 Å². The second kappa shape index (κ2) is 4.42. The van der Waals surface area contributed by atoms with Crippen LogP contribution in [-0.4, -0.2) is 18.1 Å². The van der Waals surface area contributed by atoms with Crippen LogP contribution < -0.4 is 0 Å². The first-order chi connectivity index (χ1) is 6.60. The molecule has 1 aromatic rings. The Balaban J connectivity index is 3.27. The molecule has 0 aromatic carbocycles. The third kappa shape index (κ3) is 2.04. The number of nitrogens with zero attached hydrogens (tertiary/aromatic N) is 1. The lowest BCUT2D eigenvalue weighted by Crippen LogP contribution is -2.06. The number of rotatable bonds is 2. The van der Waals surface area contributed by atoms with Crippen molar-refractivity contribution >= 4 is 17.6 Å². The molecule has 0 saturated heterocycles. The number of esters is 1. The number of hydrogen-bond acceptors (Lipinski definition) is 3. The maximum Gasteiger partial charge on any atom is 0.338 e. The molecule has 0 aliphatic heterocycles. The smallest absolute Gasteiger partial charge is 0.338 e. The van der Waals surface area contributed by atoms with Crippen molar-refractivity contribution in [3.05, 3.63) is 28.0 Å². The molecule has 0 atom stereocenters. The van der Waals surface area contributed by atoms with Crippen LogP contribution in [0.3, 0.4) is 0 Å². The van der Waals surface area contributed by atoms with Crippen molar-refractivity contribution in [1.29, 1.82) is 0 Å². The number of methoxy groups -OCH3 is 1. The molecule has 0 spiro atoms. The fraction of sp³-hybridized carbons (Fsp3) is 0.400. The molecule has 0 bridgehead atoms. The van der Waals surface area contributed by atoms with Gasteiger partial charge in [0.25, 0.3) is 0 Å². The summed E-state index contributed by atoms with van der Waals surface area (Å²) in [6.45, 7) is 3.70. The minimum atomic E-state index is -0.374. The standard InChI is InChI=1S/C10H12ClNO2/c1-4-7-5-8(10(13)14-3)6(2)9(11)12-7/h5H,4H2,1-3H3. The van der Waals surface area contributed by atoms with Crippen LogP contribution in [0.5, 0.6) is 0 Å². The summed E-state index contributed by atoms with van der Waals surface area (Å²) in [5, 5.41) is 0.366. The molecule has 0 amide bonds. The van der Waals surface area contributed by atoms with E-state index in [-0.39, 0.29) is 5.97 Å². The van der Waals surface area contributed by atoms with Crippen LogP contribution in [0.4, 0.5) is 0 Å². The van der Waals surface area contributed by atoms with E-state index >= 15 is 0 Å². The lowest BCUT2D eigenvalue weighted by Gasteiger charge is -2.07. The van der Waals surface area contributed by atoms with Gasteiger partial charge in [-0.15, -0.1) is 0 Å². The molecule has 14 heavy (non-hydrogen) atoms. The van der Waals surface area contributed by atoms with Crippen molar-refractivity contribution in [3.63, 3.8) is 0 Å². The van der Waals surface area contributed by atoms with Crippen LogP contribution in [0.2, 0.25) is 5.15 Å². The van der Waals surface area contributed by atoms with Crippen molar-refractivity contribution in [2.24, 2.45) is 0 Å². The summed E-state index contributed by atoms with van der Waals surface area (Å²) >= 11 is 5.88. The quantitative estimate of drug-likeness (QED) is 0.560. The molecule has 1 aromatic heterocycles. The Hall–Kier alpha value is -1.09. The monoisotopic (exact) mass is 213 g/mol. The number of carbonyl (C=O) groups is 1. The Morgan fingerprint density at radius 2 is 2.29 bits per heavy atom. The molecule has 0 fully saturated rings. The number of pyridine rings is 1. The molecule has 1 heterocycles. The summed E-state index contributed by atoms with van der Waals surface area (Å²) in [4.78, 5) is 15.5. The molecule has 0 radical (unpaired) electrons. The van der Waals surface area contributed by atoms with Crippen LogP contribution >= 0.6 is 11.6 Å². The Labute approximate surface area is 88.1 Å². The second-order valence-corrected chi connectivity index (χ2v) is 3.28. The third-order valence-corrected chi connectivity index (χ3v) is 2.40. The zero-order valence-electron chi connectivity index (χ0n) is 8.43. The SMILES string of the molecule is CCc1cc(C(=O)OC)c(C)c(Cl)n1. The molecule has 0 aliphatic rings. The van der Waals surface area contributed by atoms with Gasteiger partial charge in [0.2, 0.25) is 0 Å². The molecule has 0 unspecified atom stereocenters. The first-order valence-electron chi connectivity index (χ1n) is 4.34. The highest BCUT2D eigenvalue weighted by Gasteiger charge is 2.13. The fourth-order valence-electron chi connectivity index (χ4n) is 1.13. The summed E-state index contributed by atoms with van der Waals surface area (Å²) in [5.41, 5.74) is 1.95. The highest BCUT2D eigenvalue weighted by molar-refractivity contribution is 6.30. The zero-order valence-corrected chi connectivity index (χ0v) is 9.18. The average Bonchev–Trinajstić information content (AvgIpc) is 2.20. The predicted molar refractivity (Wildman–Crippen MR) is 54.7 cm³/mol. The van der Waals surface area contributed by atoms with E-state index in [1.807, 2.05) is 6.92 Å².